The largest absolute Gasteiger partial charge is 0.399 e. The summed E-state index contributed by atoms with van der Waals surface area (Å²) in [6.07, 6.45) is 0.726. The van der Waals surface area contributed by atoms with Gasteiger partial charge in [0.1, 0.15) is 7.11 Å². The minimum Gasteiger partial charge on any atom is -0.399 e. The molecule has 6 nitrogen and oxygen atoms in total. The van der Waals surface area contributed by atoms with Crippen LogP contribution in [0.3, 0.4) is 0 Å². The van der Waals surface area contributed by atoms with Gasteiger partial charge in [0.2, 0.25) is 5.91 Å². The molecule has 33 heavy (non-hydrogen) atoms. The molecule has 1 heterocycles. The van der Waals surface area contributed by atoms with Gasteiger partial charge in [0, 0.05) is 31.0 Å². The Labute approximate surface area is 193 Å². The van der Waals surface area contributed by atoms with Crippen LogP contribution in [0.4, 0.5) is 0 Å². The molecule has 1 N–H and O–H groups in total. The zero-order valence-electron chi connectivity index (χ0n) is 18.6. The maximum atomic E-state index is 13.3. The van der Waals surface area contributed by atoms with Gasteiger partial charge in [0.25, 0.3) is 5.91 Å². The van der Waals surface area contributed by atoms with Crippen LogP contribution in [0.2, 0.25) is 0 Å². The summed E-state index contributed by atoms with van der Waals surface area (Å²) in [5.41, 5.74) is 4.52. The third kappa shape index (κ3) is 5.66. The highest BCUT2D eigenvalue weighted by molar-refractivity contribution is 6.01. The first kappa shape index (κ1) is 22.3. The Hall–Kier alpha value is -3.93. The van der Waals surface area contributed by atoms with E-state index in [9.17, 15) is 9.59 Å². The molecular weight excluding hydrogens is 414 g/mol. The number of benzene rings is 3. The van der Waals surface area contributed by atoms with Crippen molar-refractivity contribution in [2.75, 3.05) is 13.7 Å². The predicted octanol–water partition coefficient (Wildman–Crippen LogP) is 4.28. The molecule has 0 bridgehead atoms. The molecule has 1 aliphatic heterocycles. The molecule has 0 radical (unpaired) electrons. The van der Waals surface area contributed by atoms with Crippen LogP contribution in [0, 0.1) is 0 Å². The molecule has 0 aliphatic carbocycles. The van der Waals surface area contributed by atoms with Crippen LogP contribution in [0.25, 0.3) is 11.1 Å². The van der Waals surface area contributed by atoms with Gasteiger partial charge in [-0.25, -0.2) is 0 Å². The summed E-state index contributed by atoms with van der Waals surface area (Å²) in [5, 5.41) is 7.00. The van der Waals surface area contributed by atoms with Gasteiger partial charge >= 0.3 is 0 Å². The molecule has 0 unspecified atom stereocenters. The summed E-state index contributed by atoms with van der Waals surface area (Å²) in [6, 6.07) is 27.1. The Morgan fingerprint density at radius 1 is 0.939 bits per heavy atom. The van der Waals surface area contributed by atoms with Crippen molar-refractivity contribution < 1.29 is 14.4 Å². The van der Waals surface area contributed by atoms with Gasteiger partial charge in [0.05, 0.1) is 12.3 Å². The lowest BCUT2D eigenvalue weighted by atomic mass is 10.0. The number of amides is 2. The lowest BCUT2D eigenvalue weighted by Gasteiger charge is -2.24. The first-order chi connectivity index (χ1) is 16.1. The van der Waals surface area contributed by atoms with E-state index in [1.165, 1.54) is 7.11 Å². The summed E-state index contributed by atoms with van der Waals surface area (Å²) >= 11 is 0. The fourth-order valence-electron chi connectivity index (χ4n) is 4.07. The topological polar surface area (TPSA) is 71.0 Å². The molecule has 0 saturated carbocycles. The average Bonchev–Trinajstić information content (AvgIpc) is 3.26. The fourth-order valence-corrected chi connectivity index (χ4v) is 4.07. The zero-order valence-corrected chi connectivity index (χ0v) is 18.6. The highest BCUT2D eigenvalue weighted by Crippen LogP contribution is 2.24. The summed E-state index contributed by atoms with van der Waals surface area (Å²) in [5.74, 6) is -0.212. The third-order valence-electron chi connectivity index (χ3n) is 5.74. The van der Waals surface area contributed by atoms with Crippen molar-refractivity contribution in [3.63, 3.8) is 0 Å². The predicted molar refractivity (Wildman–Crippen MR) is 129 cm³/mol. The van der Waals surface area contributed by atoms with Crippen molar-refractivity contribution in [3.8, 4) is 11.1 Å². The van der Waals surface area contributed by atoms with Gasteiger partial charge in [0.15, 0.2) is 0 Å². The van der Waals surface area contributed by atoms with Crippen molar-refractivity contribution in [1.29, 1.82) is 0 Å². The molecule has 3 aromatic carbocycles. The maximum absolute atomic E-state index is 13.3. The highest BCUT2D eigenvalue weighted by Gasteiger charge is 2.35. The number of rotatable bonds is 7. The quantitative estimate of drug-likeness (QED) is 0.557. The summed E-state index contributed by atoms with van der Waals surface area (Å²) < 4.78 is 0. The SMILES string of the molecule is CON=C1C[C@@H](CC(=O)NCc2ccccc2)N(C(=O)c2ccc(-c3ccccc3)cc2)C1. The second kappa shape index (κ2) is 10.6. The van der Waals surface area contributed by atoms with Crippen LogP contribution in [0.1, 0.15) is 28.8 Å². The number of carbonyl (C=O) groups excluding carboxylic acids is 2. The first-order valence-electron chi connectivity index (χ1n) is 11.0. The van der Waals surface area contributed by atoms with Crippen LogP contribution >= 0.6 is 0 Å². The van der Waals surface area contributed by atoms with Crippen molar-refractivity contribution in [3.05, 3.63) is 96.1 Å². The molecule has 0 aromatic heterocycles. The number of nitrogens with one attached hydrogen (secondary N) is 1. The maximum Gasteiger partial charge on any atom is 0.254 e. The van der Waals surface area contributed by atoms with Crippen LogP contribution < -0.4 is 5.32 Å². The third-order valence-corrected chi connectivity index (χ3v) is 5.74. The van der Waals surface area contributed by atoms with Crippen molar-refractivity contribution in [1.82, 2.24) is 10.2 Å². The monoisotopic (exact) mass is 441 g/mol. The minimum absolute atomic E-state index is 0.0975. The van der Waals surface area contributed by atoms with E-state index >= 15 is 0 Å². The molecule has 6 heteroatoms. The average molecular weight is 442 g/mol. The minimum atomic E-state index is -0.268. The number of hydrogen-bond donors (Lipinski definition) is 1. The Bertz CT molecular complexity index is 1110. The number of carbonyl (C=O) groups is 2. The van der Waals surface area contributed by atoms with Crippen LogP contribution in [-0.2, 0) is 16.2 Å². The first-order valence-corrected chi connectivity index (χ1v) is 11.0. The molecule has 0 spiro atoms. The Balaban J connectivity index is 1.44. The van der Waals surface area contributed by atoms with Crippen molar-refractivity contribution in [2.45, 2.75) is 25.4 Å². The number of nitrogens with zero attached hydrogens (tertiary/aromatic N) is 2. The second-order valence-corrected chi connectivity index (χ2v) is 8.04. The summed E-state index contributed by atoms with van der Waals surface area (Å²) in [6.45, 7) is 0.810. The molecule has 1 fully saturated rings. The lowest BCUT2D eigenvalue weighted by Crippen LogP contribution is -2.39. The Morgan fingerprint density at radius 2 is 1.58 bits per heavy atom. The van der Waals surface area contributed by atoms with Crippen molar-refractivity contribution in [2.24, 2.45) is 5.16 Å². The van der Waals surface area contributed by atoms with Crippen molar-refractivity contribution >= 4 is 17.5 Å². The van der Waals surface area contributed by atoms with Gasteiger partial charge in [-0.2, -0.15) is 0 Å². The van der Waals surface area contributed by atoms with E-state index in [0.717, 1.165) is 22.4 Å². The molecule has 4 rings (SSSR count). The van der Waals surface area contributed by atoms with E-state index in [-0.39, 0.29) is 24.3 Å². The van der Waals surface area contributed by atoms with Crippen LogP contribution in [-0.4, -0.2) is 42.1 Å². The highest BCUT2D eigenvalue weighted by atomic mass is 16.6. The number of oxime groups is 1. The van der Waals surface area contributed by atoms with Crippen LogP contribution in [0.15, 0.2) is 90.1 Å². The van der Waals surface area contributed by atoms with E-state index in [1.807, 2.05) is 84.9 Å². The zero-order chi connectivity index (χ0) is 23.0. The van der Waals surface area contributed by atoms with E-state index in [4.69, 9.17) is 4.84 Å². The smallest absolute Gasteiger partial charge is 0.254 e. The van der Waals surface area contributed by atoms with Gasteiger partial charge < -0.3 is 15.1 Å². The van der Waals surface area contributed by atoms with E-state index in [2.05, 4.69) is 10.5 Å². The van der Waals surface area contributed by atoms with Gasteiger partial charge in [-0.1, -0.05) is 78.0 Å². The normalized spacial score (nSPS) is 16.6. The molecule has 168 valence electrons. The van der Waals surface area contributed by atoms with Gasteiger partial charge in [-0.3, -0.25) is 9.59 Å². The van der Waals surface area contributed by atoms with E-state index < -0.39 is 0 Å². The van der Waals surface area contributed by atoms with E-state index in [0.29, 0.717) is 25.1 Å². The molecule has 3 aromatic rings. The Kier molecular flexibility index (Phi) is 7.15. The Morgan fingerprint density at radius 3 is 2.24 bits per heavy atom. The molecule has 1 aliphatic rings. The number of likely N-dealkylation sites (tertiary alicyclic amines) is 1. The molecular formula is C27H27N3O3. The van der Waals surface area contributed by atoms with Gasteiger partial charge in [-0.05, 0) is 28.8 Å². The summed E-state index contributed by atoms with van der Waals surface area (Å²) in [7, 11) is 1.49. The second-order valence-electron chi connectivity index (χ2n) is 8.04. The molecule has 1 saturated heterocycles. The molecule has 1 atom stereocenters. The van der Waals surface area contributed by atoms with Crippen LogP contribution in [0.5, 0.6) is 0 Å². The van der Waals surface area contributed by atoms with Gasteiger partial charge in [-0.15, -0.1) is 0 Å². The summed E-state index contributed by atoms with van der Waals surface area (Å²) in [4.78, 5) is 32.6. The lowest BCUT2D eigenvalue weighted by molar-refractivity contribution is -0.122. The number of hydrogen-bond acceptors (Lipinski definition) is 4. The fraction of sp³-hybridized carbons (Fsp3) is 0.222. The molecule has 2 amide bonds. The van der Waals surface area contributed by atoms with E-state index in [1.54, 1.807) is 4.90 Å². The standard InChI is InChI=1S/C27H27N3O3/c1-33-29-24-16-25(17-26(31)28-18-20-8-4-2-5-9-20)30(19-24)27(32)23-14-12-22(13-15-23)21-10-6-3-7-11-21/h2-15,25H,16-19H2,1H3,(H,28,31)/t25-/m0/s1.